The number of hydrogen-bond acceptors (Lipinski definition) is 1. The molecule has 0 spiro atoms. The van der Waals surface area contributed by atoms with E-state index in [0.29, 0.717) is 5.91 Å². The Morgan fingerprint density at radius 2 is 2.27 bits per heavy atom. The summed E-state index contributed by atoms with van der Waals surface area (Å²) in [7, 11) is 0. The molecule has 0 N–H and O–H groups in total. The minimum absolute atomic E-state index is 0.294. The number of carbonyl (C=O) groups excluding carboxylic acids is 1. The molecule has 1 rings (SSSR count). The maximum atomic E-state index is 11.3. The molecule has 0 aliphatic carbocycles. The van der Waals surface area contributed by atoms with Gasteiger partial charge >= 0.3 is 0 Å². The van der Waals surface area contributed by atoms with Crippen molar-refractivity contribution in [2.24, 2.45) is 0 Å². The van der Waals surface area contributed by atoms with Crippen molar-refractivity contribution in [1.82, 2.24) is 4.90 Å². The molecule has 2 nitrogen and oxygen atoms in total. The fourth-order valence-corrected chi connectivity index (χ4v) is 1.39. The molecule has 1 saturated heterocycles. The van der Waals surface area contributed by atoms with E-state index in [1.165, 1.54) is 6.42 Å². The van der Waals surface area contributed by atoms with Crippen LogP contribution in [-0.4, -0.2) is 23.9 Å². The highest BCUT2D eigenvalue weighted by molar-refractivity contribution is 5.76. The molecular formula is C9H15NO. The molecule has 0 aromatic carbocycles. The Bertz CT molecular complexity index is 154. The number of nitrogens with zero attached hydrogens (tertiary/aromatic N) is 1. The van der Waals surface area contributed by atoms with Crippen molar-refractivity contribution < 1.29 is 4.79 Å². The van der Waals surface area contributed by atoms with Gasteiger partial charge in [-0.15, -0.1) is 6.58 Å². The van der Waals surface area contributed by atoms with Crippen LogP contribution in [0.15, 0.2) is 12.7 Å². The van der Waals surface area contributed by atoms with Crippen LogP contribution < -0.4 is 0 Å². The minimum Gasteiger partial charge on any atom is -0.339 e. The molecule has 0 saturated carbocycles. The molecule has 0 radical (unpaired) electrons. The van der Waals surface area contributed by atoms with E-state index in [4.69, 9.17) is 0 Å². The third kappa shape index (κ3) is 2.37. The average Bonchev–Trinajstić information content (AvgIpc) is 2.18. The van der Waals surface area contributed by atoms with Crippen LogP contribution in [0.1, 0.15) is 25.7 Å². The Morgan fingerprint density at radius 1 is 1.45 bits per heavy atom. The van der Waals surface area contributed by atoms with Crippen molar-refractivity contribution >= 4 is 5.91 Å². The summed E-state index contributed by atoms with van der Waals surface area (Å²) in [5.41, 5.74) is 0. The summed E-state index contributed by atoms with van der Waals surface area (Å²) in [5.74, 6) is 0.294. The maximum absolute atomic E-state index is 11.3. The first kappa shape index (κ1) is 8.31. The number of hydrogen-bond donors (Lipinski definition) is 0. The summed E-state index contributed by atoms with van der Waals surface area (Å²) < 4.78 is 0. The van der Waals surface area contributed by atoms with E-state index in [-0.39, 0.29) is 0 Å². The first-order valence-electron chi connectivity index (χ1n) is 4.23. The summed E-state index contributed by atoms with van der Waals surface area (Å²) in [6, 6.07) is 0. The van der Waals surface area contributed by atoms with Crippen molar-refractivity contribution in [3.63, 3.8) is 0 Å². The zero-order chi connectivity index (χ0) is 8.10. The molecule has 0 aromatic rings. The molecule has 1 heterocycles. The fourth-order valence-electron chi connectivity index (χ4n) is 1.39. The van der Waals surface area contributed by atoms with E-state index < -0.39 is 0 Å². The Hall–Kier alpha value is -0.790. The van der Waals surface area contributed by atoms with Gasteiger partial charge < -0.3 is 4.90 Å². The molecule has 1 amide bonds. The zero-order valence-corrected chi connectivity index (χ0v) is 6.88. The first-order valence-corrected chi connectivity index (χ1v) is 4.23. The van der Waals surface area contributed by atoms with Gasteiger partial charge in [-0.1, -0.05) is 12.5 Å². The molecule has 1 fully saturated rings. The van der Waals surface area contributed by atoms with Crippen molar-refractivity contribution in [2.75, 3.05) is 13.1 Å². The van der Waals surface area contributed by atoms with Crippen LogP contribution >= 0.6 is 0 Å². The zero-order valence-electron chi connectivity index (χ0n) is 6.88. The van der Waals surface area contributed by atoms with Gasteiger partial charge in [-0.2, -0.15) is 0 Å². The third-order valence-corrected chi connectivity index (χ3v) is 2.02. The monoisotopic (exact) mass is 153 g/mol. The fraction of sp³-hybridized carbons (Fsp3) is 0.667. The van der Waals surface area contributed by atoms with E-state index in [2.05, 4.69) is 6.58 Å². The number of rotatable bonds is 2. The van der Waals surface area contributed by atoms with Crippen LogP contribution in [0.4, 0.5) is 0 Å². The normalized spacial score (nSPS) is 19.6. The SMILES string of the molecule is C=CCN1CCCCCC1=O. The lowest BCUT2D eigenvalue weighted by Crippen LogP contribution is -2.30. The molecule has 2 heteroatoms. The number of carbonyl (C=O) groups is 1. The van der Waals surface area contributed by atoms with Gasteiger partial charge in [-0.25, -0.2) is 0 Å². The second-order valence-electron chi connectivity index (χ2n) is 2.94. The lowest BCUT2D eigenvalue weighted by molar-refractivity contribution is -0.130. The maximum Gasteiger partial charge on any atom is 0.222 e. The molecule has 1 aliphatic heterocycles. The second-order valence-corrected chi connectivity index (χ2v) is 2.94. The number of likely N-dealkylation sites (tertiary alicyclic amines) is 1. The van der Waals surface area contributed by atoms with Crippen LogP contribution in [0, 0.1) is 0 Å². The largest absolute Gasteiger partial charge is 0.339 e. The molecular weight excluding hydrogens is 138 g/mol. The van der Waals surface area contributed by atoms with E-state index in [9.17, 15) is 4.79 Å². The van der Waals surface area contributed by atoms with Crippen LogP contribution in [0.5, 0.6) is 0 Å². The molecule has 0 bridgehead atoms. The van der Waals surface area contributed by atoms with Crippen LogP contribution in [-0.2, 0) is 4.79 Å². The van der Waals surface area contributed by atoms with Gasteiger partial charge in [0.1, 0.15) is 0 Å². The Balaban J connectivity index is 2.45. The first-order chi connectivity index (χ1) is 5.34. The smallest absolute Gasteiger partial charge is 0.222 e. The number of amides is 1. The van der Waals surface area contributed by atoms with Gasteiger partial charge in [0.05, 0.1) is 0 Å². The predicted molar refractivity (Wildman–Crippen MR) is 45.2 cm³/mol. The molecule has 0 unspecified atom stereocenters. The van der Waals surface area contributed by atoms with Gasteiger partial charge in [0, 0.05) is 19.5 Å². The highest BCUT2D eigenvalue weighted by atomic mass is 16.2. The van der Waals surface area contributed by atoms with E-state index in [0.717, 1.165) is 32.4 Å². The predicted octanol–water partition coefficient (Wildman–Crippen LogP) is 1.57. The highest BCUT2D eigenvalue weighted by Gasteiger charge is 2.13. The Kier molecular flexibility index (Phi) is 3.14. The topological polar surface area (TPSA) is 20.3 Å². The average molecular weight is 153 g/mol. The Morgan fingerprint density at radius 3 is 3.00 bits per heavy atom. The van der Waals surface area contributed by atoms with E-state index >= 15 is 0 Å². The van der Waals surface area contributed by atoms with E-state index in [1.54, 1.807) is 6.08 Å². The Labute approximate surface area is 67.9 Å². The summed E-state index contributed by atoms with van der Waals surface area (Å²) in [5, 5.41) is 0. The van der Waals surface area contributed by atoms with Gasteiger partial charge in [0.2, 0.25) is 5.91 Å². The second kappa shape index (κ2) is 4.16. The van der Waals surface area contributed by atoms with Gasteiger partial charge in [-0.05, 0) is 12.8 Å². The molecule has 0 aromatic heterocycles. The van der Waals surface area contributed by atoms with Crippen molar-refractivity contribution in [1.29, 1.82) is 0 Å². The summed E-state index contributed by atoms with van der Waals surface area (Å²) in [4.78, 5) is 13.2. The lowest BCUT2D eigenvalue weighted by atomic mass is 10.2. The standard InChI is InChI=1S/C9H15NO/c1-2-7-10-8-5-3-4-6-9(10)11/h2H,1,3-8H2. The van der Waals surface area contributed by atoms with Gasteiger partial charge in [0.25, 0.3) is 0 Å². The summed E-state index contributed by atoms with van der Waals surface area (Å²) in [6.45, 7) is 5.27. The van der Waals surface area contributed by atoms with E-state index in [1.807, 2.05) is 4.90 Å². The molecule has 11 heavy (non-hydrogen) atoms. The van der Waals surface area contributed by atoms with Gasteiger partial charge in [-0.3, -0.25) is 4.79 Å². The summed E-state index contributed by atoms with van der Waals surface area (Å²) >= 11 is 0. The van der Waals surface area contributed by atoms with Crippen LogP contribution in [0.2, 0.25) is 0 Å². The summed E-state index contributed by atoms with van der Waals surface area (Å²) in [6.07, 6.45) is 5.93. The van der Waals surface area contributed by atoms with Crippen molar-refractivity contribution in [3.8, 4) is 0 Å². The molecule has 0 atom stereocenters. The van der Waals surface area contributed by atoms with Crippen LogP contribution in [0.25, 0.3) is 0 Å². The lowest BCUT2D eigenvalue weighted by Gasteiger charge is -2.17. The quantitative estimate of drug-likeness (QED) is 0.551. The van der Waals surface area contributed by atoms with Crippen molar-refractivity contribution in [2.45, 2.75) is 25.7 Å². The van der Waals surface area contributed by atoms with Crippen LogP contribution in [0.3, 0.4) is 0 Å². The molecule has 62 valence electrons. The van der Waals surface area contributed by atoms with Gasteiger partial charge in [0.15, 0.2) is 0 Å². The minimum atomic E-state index is 0.294. The third-order valence-electron chi connectivity index (χ3n) is 2.02. The van der Waals surface area contributed by atoms with Crippen molar-refractivity contribution in [3.05, 3.63) is 12.7 Å². The molecule has 1 aliphatic rings. The highest BCUT2D eigenvalue weighted by Crippen LogP contribution is 2.10.